The molecule has 0 N–H and O–H groups in total. The van der Waals surface area contributed by atoms with Gasteiger partial charge in [0.15, 0.2) is 0 Å². The molecule has 3 nitrogen and oxygen atoms in total. The van der Waals surface area contributed by atoms with Gasteiger partial charge in [-0.05, 0) is 30.3 Å². The van der Waals surface area contributed by atoms with E-state index in [1.807, 2.05) is 0 Å². The molecule has 0 fully saturated rings. The van der Waals surface area contributed by atoms with Crippen LogP contribution in [0.25, 0.3) is 22.4 Å². The molecular weight excluding hydrogens is 321 g/mol. The van der Waals surface area contributed by atoms with Gasteiger partial charge in [0.2, 0.25) is 5.89 Å². The van der Waals surface area contributed by atoms with Crippen molar-refractivity contribution >= 4 is 10.9 Å². The van der Waals surface area contributed by atoms with Crippen molar-refractivity contribution in [3.05, 3.63) is 64.0 Å². The Morgan fingerprint density at radius 2 is 1.65 bits per heavy atom. The summed E-state index contributed by atoms with van der Waals surface area (Å²) in [5, 5.41) is -0.430. The van der Waals surface area contributed by atoms with Gasteiger partial charge in [-0.15, -0.1) is 0 Å². The van der Waals surface area contributed by atoms with Crippen molar-refractivity contribution in [2.75, 3.05) is 0 Å². The highest BCUT2D eigenvalue weighted by Gasteiger charge is 2.31. The summed E-state index contributed by atoms with van der Waals surface area (Å²) in [5.41, 5.74) is -3.04. The van der Waals surface area contributed by atoms with E-state index >= 15 is 0 Å². The number of alkyl halides is 3. The van der Waals surface area contributed by atoms with E-state index in [0.29, 0.717) is 6.07 Å². The van der Waals surface area contributed by atoms with E-state index in [9.17, 15) is 26.7 Å². The highest BCUT2D eigenvalue weighted by molar-refractivity contribution is 5.79. The average molecular weight is 327 g/mol. The van der Waals surface area contributed by atoms with Crippen LogP contribution in [0, 0.1) is 11.6 Å². The molecule has 1 heterocycles. The minimum atomic E-state index is -4.64. The number of rotatable bonds is 1. The number of nitrogens with zero attached hydrogens (tertiary/aromatic N) is 1. The molecule has 0 atom stereocenters. The summed E-state index contributed by atoms with van der Waals surface area (Å²) in [7, 11) is 0. The molecular formula is C15H6F5NO2. The van der Waals surface area contributed by atoms with Gasteiger partial charge >= 0.3 is 11.8 Å². The molecule has 0 aliphatic heterocycles. The second-order valence-corrected chi connectivity index (χ2v) is 4.63. The lowest BCUT2D eigenvalue weighted by atomic mass is 10.1. The van der Waals surface area contributed by atoms with Gasteiger partial charge in [-0.3, -0.25) is 0 Å². The fraction of sp³-hybridized carbons (Fsp3) is 0.0667. The van der Waals surface area contributed by atoms with E-state index in [2.05, 4.69) is 4.98 Å². The maximum absolute atomic E-state index is 13.7. The first-order chi connectivity index (χ1) is 10.8. The van der Waals surface area contributed by atoms with E-state index in [4.69, 9.17) is 4.42 Å². The summed E-state index contributed by atoms with van der Waals surface area (Å²) in [6.45, 7) is 0. The summed E-state index contributed by atoms with van der Waals surface area (Å²) in [5.74, 6) is -2.66. The Morgan fingerprint density at radius 1 is 1.00 bits per heavy atom. The van der Waals surface area contributed by atoms with E-state index in [-0.39, 0.29) is 5.52 Å². The van der Waals surface area contributed by atoms with Gasteiger partial charge in [0.25, 0.3) is 0 Å². The van der Waals surface area contributed by atoms with Crippen molar-refractivity contribution in [3.8, 4) is 11.5 Å². The van der Waals surface area contributed by atoms with Gasteiger partial charge in [-0.1, -0.05) is 6.07 Å². The molecule has 3 rings (SSSR count). The summed E-state index contributed by atoms with van der Waals surface area (Å²) in [6, 6.07) is 5.24. The highest BCUT2D eigenvalue weighted by Crippen LogP contribution is 2.31. The Balaban J connectivity index is 2.26. The number of fused-ring (bicyclic) bond motifs is 1. The largest absolute Gasteiger partial charge is 0.416 e. The third kappa shape index (κ3) is 2.67. The molecule has 0 spiro atoms. The van der Waals surface area contributed by atoms with Crippen LogP contribution in [-0.4, -0.2) is 4.98 Å². The summed E-state index contributed by atoms with van der Waals surface area (Å²) in [6.07, 6.45) is -4.64. The lowest BCUT2D eigenvalue weighted by Gasteiger charge is -2.08. The van der Waals surface area contributed by atoms with Crippen LogP contribution in [0.5, 0.6) is 0 Å². The lowest BCUT2D eigenvalue weighted by molar-refractivity contribution is -0.137. The molecule has 0 aliphatic rings. The van der Waals surface area contributed by atoms with Crippen LogP contribution in [0.1, 0.15) is 5.56 Å². The Bertz CT molecular complexity index is 942. The molecule has 3 aromatic rings. The van der Waals surface area contributed by atoms with E-state index in [1.165, 1.54) is 0 Å². The van der Waals surface area contributed by atoms with Crippen LogP contribution >= 0.6 is 0 Å². The molecule has 0 radical (unpaired) electrons. The average Bonchev–Trinajstić information content (AvgIpc) is 2.46. The van der Waals surface area contributed by atoms with Gasteiger partial charge in [-0.2, -0.15) is 13.2 Å². The van der Waals surface area contributed by atoms with Gasteiger partial charge in [0.05, 0.1) is 16.5 Å². The predicted octanol–water partition coefficient (Wildman–Crippen LogP) is 4.15. The number of hydrogen-bond donors (Lipinski definition) is 0. The van der Waals surface area contributed by atoms with Crippen LogP contribution in [0.4, 0.5) is 22.0 Å². The van der Waals surface area contributed by atoms with E-state index < -0.39 is 45.8 Å². The Morgan fingerprint density at radius 3 is 2.26 bits per heavy atom. The van der Waals surface area contributed by atoms with Crippen molar-refractivity contribution < 1.29 is 26.4 Å². The second kappa shape index (κ2) is 5.15. The number of hydrogen-bond acceptors (Lipinski definition) is 3. The van der Waals surface area contributed by atoms with Crippen molar-refractivity contribution in [2.45, 2.75) is 6.18 Å². The molecule has 0 saturated carbocycles. The Kier molecular flexibility index (Phi) is 3.39. The third-order valence-corrected chi connectivity index (χ3v) is 3.13. The smallest absolute Gasteiger partial charge is 0.403 e. The maximum Gasteiger partial charge on any atom is 0.416 e. The number of halogens is 5. The van der Waals surface area contributed by atoms with Crippen molar-refractivity contribution in [1.29, 1.82) is 0 Å². The van der Waals surface area contributed by atoms with Gasteiger partial charge in [0, 0.05) is 0 Å². The van der Waals surface area contributed by atoms with Crippen LogP contribution in [-0.2, 0) is 6.18 Å². The molecule has 8 heteroatoms. The normalized spacial score (nSPS) is 11.9. The molecule has 0 unspecified atom stereocenters. The molecule has 0 amide bonds. The fourth-order valence-electron chi connectivity index (χ4n) is 2.06. The molecule has 0 bridgehead atoms. The first kappa shape index (κ1) is 15.1. The predicted molar refractivity (Wildman–Crippen MR) is 70.6 cm³/mol. The number of aromatic nitrogens is 1. The first-order valence-corrected chi connectivity index (χ1v) is 6.24. The highest BCUT2D eigenvalue weighted by atomic mass is 19.4. The summed E-state index contributed by atoms with van der Waals surface area (Å²) in [4.78, 5) is 15.6. The fourth-order valence-corrected chi connectivity index (χ4v) is 2.06. The summed E-state index contributed by atoms with van der Waals surface area (Å²) >= 11 is 0. The van der Waals surface area contributed by atoms with Gasteiger partial charge < -0.3 is 4.42 Å². The van der Waals surface area contributed by atoms with Crippen LogP contribution in [0.3, 0.4) is 0 Å². The standard InChI is InChI=1S/C15H6F5NO2/c16-9-2-1-3-10(17)12(9)13-21-11-5-4-7(15(18,19)20)6-8(11)14(22)23-13/h1-6H. The van der Waals surface area contributed by atoms with Crippen LogP contribution < -0.4 is 5.63 Å². The SMILES string of the molecule is O=c1oc(-c2c(F)cccc2F)nc2ccc(C(F)(F)F)cc12. The Labute approximate surface area is 125 Å². The first-order valence-electron chi connectivity index (χ1n) is 6.24. The maximum atomic E-state index is 13.7. The zero-order valence-corrected chi connectivity index (χ0v) is 11.1. The van der Waals surface area contributed by atoms with Crippen molar-refractivity contribution in [2.24, 2.45) is 0 Å². The topological polar surface area (TPSA) is 43.1 Å². The van der Waals surface area contributed by atoms with E-state index in [0.717, 1.165) is 30.3 Å². The Hall–Kier alpha value is -2.77. The molecule has 23 heavy (non-hydrogen) atoms. The third-order valence-electron chi connectivity index (χ3n) is 3.13. The quantitative estimate of drug-likeness (QED) is 0.631. The number of benzene rings is 2. The minimum absolute atomic E-state index is 0.160. The lowest BCUT2D eigenvalue weighted by Crippen LogP contribution is -2.09. The van der Waals surface area contributed by atoms with Crippen molar-refractivity contribution in [3.63, 3.8) is 0 Å². The van der Waals surface area contributed by atoms with Crippen LogP contribution in [0.15, 0.2) is 45.6 Å². The van der Waals surface area contributed by atoms with Gasteiger partial charge in [0.1, 0.15) is 17.2 Å². The van der Waals surface area contributed by atoms with Crippen molar-refractivity contribution in [1.82, 2.24) is 4.98 Å². The molecule has 118 valence electrons. The molecule has 2 aromatic carbocycles. The monoisotopic (exact) mass is 327 g/mol. The molecule has 0 aliphatic carbocycles. The van der Waals surface area contributed by atoms with Gasteiger partial charge in [-0.25, -0.2) is 18.6 Å². The minimum Gasteiger partial charge on any atom is -0.403 e. The van der Waals surface area contributed by atoms with E-state index in [1.54, 1.807) is 0 Å². The zero-order valence-electron chi connectivity index (χ0n) is 11.1. The zero-order chi connectivity index (χ0) is 16.8. The molecule has 1 aromatic heterocycles. The summed E-state index contributed by atoms with van der Waals surface area (Å²) < 4.78 is 70.0. The second-order valence-electron chi connectivity index (χ2n) is 4.63. The molecule has 0 saturated heterocycles. The van der Waals surface area contributed by atoms with Crippen LogP contribution in [0.2, 0.25) is 0 Å².